The number of amides is 1. The molecular formula is C21H35N5O2. The highest BCUT2D eigenvalue weighted by atomic mass is 16.5. The van der Waals surface area contributed by atoms with Crippen LogP contribution in [-0.2, 0) is 11.2 Å². The molecule has 0 atom stereocenters. The molecule has 1 saturated heterocycles. The summed E-state index contributed by atoms with van der Waals surface area (Å²) >= 11 is 0. The van der Waals surface area contributed by atoms with Crippen LogP contribution in [-0.4, -0.2) is 53.6 Å². The Bertz CT molecular complexity index is 671. The lowest BCUT2D eigenvalue weighted by atomic mass is 9.95. The maximum atomic E-state index is 12.6. The molecule has 0 bridgehead atoms. The van der Waals surface area contributed by atoms with Crippen LogP contribution in [0.15, 0.2) is 0 Å². The molecule has 1 amide bonds. The molecule has 2 aliphatic rings. The van der Waals surface area contributed by atoms with Gasteiger partial charge in [0.25, 0.3) is 0 Å². The van der Waals surface area contributed by atoms with Gasteiger partial charge in [-0.2, -0.15) is 9.97 Å². The number of ether oxygens (including phenoxy) is 1. The average Bonchev–Trinajstić information content (AvgIpc) is 2.98. The first-order chi connectivity index (χ1) is 13.5. The normalized spacial score (nSPS) is 18.1. The number of hydrogen-bond acceptors (Lipinski definition) is 6. The van der Waals surface area contributed by atoms with E-state index in [4.69, 9.17) is 10.5 Å². The van der Waals surface area contributed by atoms with Gasteiger partial charge in [0.05, 0.1) is 13.0 Å². The van der Waals surface area contributed by atoms with Gasteiger partial charge in [-0.05, 0) is 57.2 Å². The molecule has 28 heavy (non-hydrogen) atoms. The van der Waals surface area contributed by atoms with Crippen molar-refractivity contribution in [1.29, 1.82) is 0 Å². The van der Waals surface area contributed by atoms with Crippen molar-refractivity contribution < 1.29 is 9.53 Å². The van der Waals surface area contributed by atoms with E-state index in [-0.39, 0.29) is 11.9 Å². The van der Waals surface area contributed by atoms with Gasteiger partial charge in [-0.1, -0.05) is 27.2 Å². The van der Waals surface area contributed by atoms with E-state index in [0.29, 0.717) is 37.1 Å². The second-order valence-corrected chi connectivity index (χ2v) is 8.54. The van der Waals surface area contributed by atoms with Crippen molar-refractivity contribution in [1.82, 2.24) is 14.9 Å². The summed E-state index contributed by atoms with van der Waals surface area (Å²) in [5.41, 5.74) is 6.85. The Morgan fingerprint density at radius 3 is 2.68 bits per heavy atom. The number of carbonyl (C=O) groups excluding carboxylic acids is 1. The molecule has 0 radical (unpaired) electrons. The van der Waals surface area contributed by atoms with Crippen LogP contribution in [0.3, 0.4) is 0 Å². The van der Waals surface area contributed by atoms with Gasteiger partial charge in [0.15, 0.2) is 0 Å². The molecule has 1 aromatic rings. The molecule has 0 aliphatic carbocycles. The Kier molecular flexibility index (Phi) is 7.10. The summed E-state index contributed by atoms with van der Waals surface area (Å²) in [4.78, 5) is 25.8. The molecule has 7 nitrogen and oxygen atoms in total. The number of piperidine rings is 1. The van der Waals surface area contributed by atoms with E-state index >= 15 is 0 Å². The molecule has 7 heteroatoms. The number of likely N-dealkylation sites (tertiary alicyclic amines) is 1. The number of nitrogens with zero attached hydrogens (tertiary/aromatic N) is 4. The van der Waals surface area contributed by atoms with Crippen LogP contribution >= 0.6 is 0 Å². The van der Waals surface area contributed by atoms with E-state index in [2.05, 4.69) is 35.6 Å². The third kappa shape index (κ3) is 5.13. The lowest BCUT2D eigenvalue weighted by Gasteiger charge is -2.34. The Balaban J connectivity index is 1.61. The fourth-order valence-corrected chi connectivity index (χ4v) is 3.88. The molecule has 0 unspecified atom stereocenters. The highest BCUT2D eigenvalue weighted by molar-refractivity contribution is 6.01. The van der Waals surface area contributed by atoms with Gasteiger partial charge in [-0.25, -0.2) is 0 Å². The largest absolute Gasteiger partial charge is 0.463 e. The standard InChI is InChI=1S/C21H35N5O2/c1-4-5-12-28-21-23-19(22)17-13-18(27)26(20(17)24-21)14-16-7-10-25(11-8-16)9-6-15(2)3/h15-16H,4-14H2,1-3H3,(H2,22,23,24). The molecule has 0 saturated carbocycles. The SMILES string of the molecule is CCCCOc1nc(N)c2c(n1)N(CC1CCN(CCC(C)C)CC1)C(=O)C2. The first kappa shape index (κ1) is 20.8. The molecule has 1 aromatic heterocycles. The van der Waals surface area contributed by atoms with Crippen molar-refractivity contribution in [2.45, 2.75) is 59.3 Å². The second-order valence-electron chi connectivity index (χ2n) is 8.54. The molecule has 2 aliphatic heterocycles. The number of rotatable bonds is 9. The number of nitrogen functional groups attached to an aromatic ring is 1. The minimum atomic E-state index is 0.0731. The van der Waals surface area contributed by atoms with E-state index in [0.717, 1.165) is 50.3 Å². The topological polar surface area (TPSA) is 84.6 Å². The highest BCUT2D eigenvalue weighted by Crippen LogP contribution is 2.33. The van der Waals surface area contributed by atoms with Crippen molar-refractivity contribution in [3.05, 3.63) is 5.56 Å². The molecule has 156 valence electrons. The van der Waals surface area contributed by atoms with Crippen molar-refractivity contribution in [3.63, 3.8) is 0 Å². The van der Waals surface area contributed by atoms with Gasteiger partial charge in [0, 0.05) is 12.1 Å². The minimum absolute atomic E-state index is 0.0731. The lowest BCUT2D eigenvalue weighted by molar-refractivity contribution is -0.117. The highest BCUT2D eigenvalue weighted by Gasteiger charge is 2.34. The number of aromatic nitrogens is 2. The number of anilines is 2. The molecular weight excluding hydrogens is 354 g/mol. The van der Waals surface area contributed by atoms with Crippen LogP contribution in [0.4, 0.5) is 11.6 Å². The summed E-state index contributed by atoms with van der Waals surface area (Å²) in [5.74, 6) is 2.35. The predicted molar refractivity (Wildman–Crippen MR) is 112 cm³/mol. The van der Waals surface area contributed by atoms with E-state index in [1.807, 2.05) is 4.90 Å². The maximum Gasteiger partial charge on any atom is 0.320 e. The summed E-state index contributed by atoms with van der Waals surface area (Å²) in [6.45, 7) is 11.3. The third-order valence-electron chi connectivity index (χ3n) is 5.78. The predicted octanol–water partition coefficient (Wildman–Crippen LogP) is 2.88. The van der Waals surface area contributed by atoms with Crippen molar-refractivity contribution in [2.24, 2.45) is 11.8 Å². The summed E-state index contributed by atoms with van der Waals surface area (Å²) in [7, 11) is 0. The third-order valence-corrected chi connectivity index (χ3v) is 5.78. The van der Waals surface area contributed by atoms with Crippen LogP contribution < -0.4 is 15.4 Å². The van der Waals surface area contributed by atoms with Gasteiger partial charge in [-0.3, -0.25) is 9.69 Å². The monoisotopic (exact) mass is 389 g/mol. The van der Waals surface area contributed by atoms with E-state index < -0.39 is 0 Å². The maximum absolute atomic E-state index is 12.6. The van der Waals surface area contributed by atoms with Crippen molar-refractivity contribution in [3.8, 4) is 6.01 Å². The zero-order valence-electron chi connectivity index (χ0n) is 17.6. The zero-order valence-corrected chi connectivity index (χ0v) is 17.6. The Morgan fingerprint density at radius 2 is 2.00 bits per heavy atom. The Hall–Kier alpha value is -1.89. The van der Waals surface area contributed by atoms with Crippen LogP contribution in [0.2, 0.25) is 0 Å². The molecule has 0 spiro atoms. The first-order valence-corrected chi connectivity index (χ1v) is 10.8. The van der Waals surface area contributed by atoms with Gasteiger partial charge >= 0.3 is 6.01 Å². The Morgan fingerprint density at radius 1 is 1.25 bits per heavy atom. The number of fused-ring (bicyclic) bond motifs is 1. The molecule has 3 rings (SSSR count). The number of nitrogens with two attached hydrogens (primary N) is 1. The number of carbonyl (C=O) groups is 1. The van der Waals surface area contributed by atoms with Crippen LogP contribution in [0, 0.1) is 11.8 Å². The van der Waals surface area contributed by atoms with E-state index in [1.165, 1.54) is 13.0 Å². The summed E-state index contributed by atoms with van der Waals surface area (Å²) in [6.07, 6.45) is 5.78. The van der Waals surface area contributed by atoms with Crippen LogP contribution in [0.25, 0.3) is 0 Å². The van der Waals surface area contributed by atoms with Crippen molar-refractivity contribution >= 4 is 17.5 Å². The molecule has 0 aromatic carbocycles. The summed E-state index contributed by atoms with van der Waals surface area (Å²) in [5, 5.41) is 0. The zero-order chi connectivity index (χ0) is 20.1. The fraction of sp³-hybridized carbons (Fsp3) is 0.762. The summed E-state index contributed by atoms with van der Waals surface area (Å²) < 4.78 is 5.64. The van der Waals surface area contributed by atoms with Gasteiger partial charge in [0.1, 0.15) is 11.6 Å². The molecule has 3 heterocycles. The van der Waals surface area contributed by atoms with Gasteiger partial charge in [0.2, 0.25) is 5.91 Å². The van der Waals surface area contributed by atoms with Gasteiger partial charge in [-0.15, -0.1) is 0 Å². The smallest absolute Gasteiger partial charge is 0.320 e. The van der Waals surface area contributed by atoms with Gasteiger partial charge < -0.3 is 15.4 Å². The minimum Gasteiger partial charge on any atom is -0.463 e. The van der Waals surface area contributed by atoms with E-state index in [1.54, 1.807) is 0 Å². The average molecular weight is 390 g/mol. The Labute approximate surface area is 168 Å². The number of unbranched alkanes of at least 4 members (excludes halogenated alkanes) is 1. The fourth-order valence-electron chi connectivity index (χ4n) is 3.88. The van der Waals surface area contributed by atoms with Crippen LogP contribution in [0.1, 0.15) is 58.4 Å². The number of hydrogen-bond donors (Lipinski definition) is 1. The van der Waals surface area contributed by atoms with Crippen molar-refractivity contribution in [2.75, 3.05) is 43.4 Å². The summed E-state index contributed by atoms with van der Waals surface area (Å²) in [6, 6.07) is 0.285. The lowest BCUT2D eigenvalue weighted by Crippen LogP contribution is -2.40. The first-order valence-electron chi connectivity index (χ1n) is 10.8. The molecule has 1 fully saturated rings. The quantitative estimate of drug-likeness (QED) is 0.654. The molecule has 2 N–H and O–H groups in total. The van der Waals surface area contributed by atoms with Crippen LogP contribution in [0.5, 0.6) is 6.01 Å². The second kappa shape index (κ2) is 9.54. The van der Waals surface area contributed by atoms with E-state index in [9.17, 15) is 4.79 Å².